The molecule has 6 nitrogen and oxygen atoms in total. The predicted molar refractivity (Wildman–Crippen MR) is 358 cm³/mol. The number of carbonyl (C=O) groups is 3. The topological polar surface area (TPSA) is 78.9 Å². The van der Waals surface area contributed by atoms with Gasteiger partial charge in [0, 0.05) is 19.3 Å². The van der Waals surface area contributed by atoms with Gasteiger partial charge in [0.25, 0.3) is 0 Å². The number of ether oxygens (including phenoxy) is 3. The summed E-state index contributed by atoms with van der Waals surface area (Å²) < 4.78 is 17.0. The molecule has 0 aliphatic carbocycles. The van der Waals surface area contributed by atoms with Gasteiger partial charge in [0.05, 0.1) is 0 Å². The molecule has 6 heteroatoms. The van der Waals surface area contributed by atoms with E-state index in [0.717, 1.165) is 89.9 Å². The van der Waals surface area contributed by atoms with Crippen LogP contribution in [0.4, 0.5) is 0 Å². The minimum Gasteiger partial charge on any atom is -0.462 e. The van der Waals surface area contributed by atoms with Crippen molar-refractivity contribution >= 4 is 17.9 Å². The third-order valence-corrected chi connectivity index (χ3v) is 15.9. The molecule has 0 radical (unpaired) electrons. The number of rotatable bonds is 66. The molecule has 0 rings (SSSR count). The van der Waals surface area contributed by atoms with Gasteiger partial charge in [0.2, 0.25) is 0 Å². The average molecular weight is 1150 g/mol. The fourth-order valence-electron chi connectivity index (χ4n) is 10.6. The zero-order valence-corrected chi connectivity index (χ0v) is 54.8. The highest BCUT2D eigenvalue weighted by atomic mass is 16.6. The van der Waals surface area contributed by atoms with Gasteiger partial charge in [-0.05, 0) is 89.9 Å². The minimum atomic E-state index is -0.773. The van der Waals surface area contributed by atoms with E-state index in [2.05, 4.69) is 93.7 Å². The lowest BCUT2D eigenvalue weighted by Crippen LogP contribution is -2.30. The first-order chi connectivity index (χ1) is 40.5. The summed E-state index contributed by atoms with van der Waals surface area (Å²) in [7, 11) is 0. The van der Waals surface area contributed by atoms with Crippen LogP contribution in [-0.2, 0) is 28.6 Å². The van der Waals surface area contributed by atoms with Crippen LogP contribution in [0, 0.1) is 0 Å². The van der Waals surface area contributed by atoms with Gasteiger partial charge >= 0.3 is 17.9 Å². The Morgan fingerprint density at radius 1 is 0.256 bits per heavy atom. The first kappa shape index (κ1) is 78.8. The van der Waals surface area contributed by atoms with E-state index in [-0.39, 0.29) is 31.1 Å². The maximum Gasteiger partial charge on any atom is 0.306 e. The second-order valence-electron chi connectivity index (χ2n) is 24.1. The Balaban J connectivity index is 4.16. The van der Waals surface area contributed by atoms with Gasteiger partial charge in [-0.2, -0.15) is 0 Å². The molecule has 0 spiro atoms. The Bertz CT molecular complexity index is 1500. The Labute approximate surface area is 510 Å². The van der Waals surface area contributed by atoms with Crippen LogP contribution in [0.3, 0.4) is 0 Å². The number of hydrogen-bond donors (Lipinski definition) is 0. The van der Waals surface area contributed by atoms with Crippen LogP contribution in [0.5, 0.6) is 0 Å². The summed E-state index contributed by atoms with van der Waals surface area (Å²) in [5, 5.41) is 0. The van der Waals surface area contributed by atoms with E-state index in [0.29, 0.717) is 19.3 Å². The average Bonchev–Trinajstić information content (AvgIpc) is 3.48. The zero-order chi connectivity index (χ0) is 59.2. The number of esters is 3. The van der Waals surface area contributed by atoms with Crippen molar-refractivity contribution in [2.24, 2.45) is 0 Å². The lowest BCUT2D eigenvalue weighted by Gasteiger charge is -2.18. The summed E-state index contributed by atoms with van der Waals surface area (Å²) in [6, 6.07) is 0. The van der Waals surface area contributed by atoms with Gasteiger partial charge in [0.15, 0.2) is 6.10 Å². The second kappa shape index (κ2) is 70.3. The molecule has 476 valence electrons. The molecule has 0 saturated heterocycles. The maximum atomic E-state index is 12.9. The maximum absolute atomic E-state index is 12.9. The lowest BCUT2D eigenvalue weighted by molar-refractivity contribution is -0.167. The van der Waals surface area contributed by atoms with Gasteiger partial charge < -0.3 is 14.2 Å². The van der Waals surface area contributed by atoms with Crippen molar-refractivity contribution in [3.05, 3.63) is 72.9 Å². The molecule has 0 aliphatic heterocycles. The molecule has 0 heterocycles. The molecule has 0 amide bonds. The molecule has 0 aromatic heterocycles. The van der Waals surface area contributed by atoms with Crippen LogP contribution in [0.1, 0.15) is 374 Å². The predicted octanol–water partition coefficient (Wildman–Crippen LogP) is 24.8. The number of carbonyl (C=O) groups excluding carboxylic acids is 3. The van der Waals surface area contributed by atoms with Gasteiger partial charge in [0.1, 0.15) is 13.2 Å². The third kappa shape index (κ3) is 67.6. The van der Waals surface area contributed by atoms with E-state index in [4.69, 9.17) is 14.2 Å². The van der Waals surface area contributed by atoms with E-state index in [9.17, 15) is 14.4 Å². The van der Waals surface area contributed by atoms with Crippen LogP contribution in [0.2, 0.25) is 0 Å². The minimum absolute atomic E-state index is 0.0703. The fourth-order valence-corrected chi connectivity index (χ4v) is 10.6. The molecule has 82 heavy (non-hydrogen) atoms. The second-order valence-corrected chi connectivity index (χ2v) is 24.1. The van der Waals surface area contributed by atoms with Crippen molar-refractivity contribution in [1.82, 2.24) is 0 Å². The van der Waals surface area contributed by atoms with Crippen LogP contribution in [0.25, 0.3) is 0 Å². The van der Waals surface area contributed by atoms with Gasteiger partial charge in [-0.1, -0.05) is 338 Å². The Hall–Kier alpha value is -3.15. The largest absolute Gasteiger partial charge is 0.462 e. The molecular formula is C76H136O6. The first-order valence-corrected chi connectivity index (χ1v) is 35.9. The van der Waals surface area contributed by atoms with Crippen LogP contribution in [0.15, 0.2) is 72.9 Å². The van der Waals surface area contributed by atoms with Crippen molar-refractivity contribution in [2.75, 3.05) is 13.2 Å². The standard InChI is InChI=1S/C76H136O6/c1-4-7-10-13-16-19-22-24-26-28-30-32-34-36-37-38-39-41-42-44-46-48-50-52-54-57-60-63-66-69-75(78)81-72-73(71-80-74(77)68-65-62-59-56-21-18-15-12-9-6-3)82-76(79)70-67-64-61-58-55-53-51-49-47-45-43-40-35-33-31-29-27-25-23-20-17-14-11-8-5-2/h7,10,16,19,24,26,29-32,36-37,73H,4-6,8-9,11-15,17-18,20-23,25,27-28,33-35,38-72H2,1-3H3/b10-7-,19-16-,26-24-,31-29-,32-30-,37-36-. The van der Waals surface area contributed by atoms with Crippen molar-refractivity contribution in [3.63, 3.8) is 0 Å². The summed E-state index contributed by atoms with van der Waals surface area (Å²) in [6.07, 6.45) is 92.3. The summed E-state index contributed by atoms with van der Waals surface area (Å²) in [4.78, 5) is 38.4. The van der Waals surface area contributed by atoms with Crippen molar-refractivity contribution < 1.29 is 28.6 Å². The van der Waals surface area contributed by atoms with E-state index in [1.54, 1.807) is 0 Å². The van der Waals surface area contributed by atoms with E-state index < -0.39 is 6.10 Å². The zero-order valence-electron chi connectivity index (χ0n) is 54.8. The number of allylic oxidation sites excluding steroid dienone is 12. The summed E-state index contributed by atoms with van der Waals surface area (Å²) in [5.41, 5.74) is 0. The monoisotopic (exact) mass is 1150 g/mol. The highest BCUT2D eigenvalue weighted by molar-refractivity contribution is 5.71. The van der Waals surface area contributed by atoms with E-state index in [1.807, 2.05) is 0 Å². The molecule has 0 aromatic rings. The van der Waals surface area contributed by atoms with Crippen LogP contribution < -0.4 is 0 Å². The van der Waals surface area contributed by atoms with E-state index in [1.165, 1.54) is 244 Å². The summed E-state index contributed by atoms with van der Waals surface area (Å²) in [5.74, 6) is -0.851. The summed E-state index contributed by atoms with van der Waals surface area (Å²) >= 11 is 0. The number of unbranched alkanes of at least 4 members (excludes halogenated alkanes) is 43. The summed E-state index contributed by atoms with van der Waals surface area (Å²) in [6.45, 7) is 6.57. The normalized spacial score (nSPS) is 12.5. The highest BCUT2D eigenvalue weighted by Crippen LogP contribution is 2.18. The quantitative estimate of drug-likeness (QED) is 0.0261. The molecular weight excluding hydrogens is 1010 g/mol. The Kier molecular flexibility index (Phi) is 67.6. The first-order valence-electron chi connectivity index (χ1n) is 35.9. The van der Waals surface area contributed by atoms with Gasteiger partial charge in [-0.15, -0.1) is 0 Å². The van der Waals surface area contributed by atoms with Crippen molar-refractivity contribution in [2.45, 2.75) is 380 Å². The van der Waals surface area contributed by atoms with Gasteiger partial charge in [-0.25, -0.2) is 0 Å². The Morgan fingerprint density at radius 2 is 0.476 bits per heavy atom. The molecule has 0 bridgehead atoms. The molecule has 0 aliphatic rings. The number of hydrogen-bond acceptors (Lipinski definition) is 6. The SMILES string of the molecule is CC/C=C\C/C=C\C/C=C\C/C=C\C/C=C\CCCCCCCCCCCCCCCC(=O)OCC(COC(=O)CCCCCCCCCCCC)OC(=O)CCCCCCCCCCCCCCC/C=C\CCCCCCCCCC. The molecule has 1 unspecified atom stereocenters. The van der Waals surface area contributed by atoms with Crippen LogP contribution >= 0.6 is 0 Å². The smallest absolute Gasteiger partial charge is 0.306 e. The van der Waals surface area contributed by atoms with Gasteiger partial charge in [-0.3, -0.25) is 14.4 Å². The Morgan fingerprint density at radius 3 is 0.756 bits per heavy atom. The highest BCUT2D eigenvalue weighted by Gasteiger charge is 2.19. The third-order valence-electron chi connectivity index (χ3n) is 15.9. The molecule has 1 atom stereocenters. The lowest BCUT2D eigenvalue weighted by atomic mass is 10.0. The van der Waals surface area contributed by atoms with E-state index >= 15 is 0 Å². The molecule has 0 saturated carbocycles. The molecule has 0 fully saturated rings. The fraction of sp³-hybridized carbons (Fsp3) is 0.803. The molecule has 0 aromatic carbocycles. The van der Waals surface area contributed by atoms with Crippen molar-refractivity contribution in [3.8, 4) is 0 Å². The van der Waals surface area contributed by atoms with Crippen LogP contribution in [-0.4, -0.2) is 37.2 Å². The van der Waals surface area contributed by atoms with Crippen molar-refractivity contribution in [1.29, 1.82) is 0 Å². The molecule has 0 N–H and O–H groups in total.